The number of benzene rings is 1. The second-order valence-corrected chi connectivity index (χ2v) is 6.97. The van der Waals surface area contributed by atoms with Crippen molar-refractivity contribution in [2.75, 3.05) is 12.3 Å². The quantitative estimate of drug-likeness (QED) is 0.754. The fourth-order valence-corrected chi connectivity index (χ4v) is 2.48. The van der Waals surface area contributed by atoms with E-state index in [2.05, 4.69) is 5.32 Å². The summed E-state index contributed by atoms with van der Waals surface area (Å²) >= 11 is 1.70. The number of carbonyl (C=O) groups excluding carboxylic acids is 1. The molecule has 0 aliphatic carbocycles. The second kappa shape index (κ2) is 8.68. The number of alkyl carbamates (subject to hydrolysis) is 1. The molecule has 1 rings (SSSR count). The van der Waals surface area contributed by atoms with Crippen LogP contribution >= 0.6 is 11.8 Å². The molecule has 0 fully saturated rings. The van der Waals surface area contributed by atoms with Crippen molar-refractivity contribution in [2.24, 2.45) is 0 Å². The van der Waals surface area contributed by atoms with E-state index in [4.69, 9.17) is 9.84 Å². The smallest absolute Gasteiger partial charge is 0.407 e. The van der Waals surface area contributed by atoms with Crippen LogP contribution in [-0.2, 0) is 21.7 Å². The Bertz CT molecular complexity index is 494. The first-order valence-electron chi connectivity index (χ1n) is 7.10. The fourth-order valence-electron chi connectivity index (χ4n) is 1.66. The Kier molecular flexibility index (Phi) is 7.24. The van der Waals surface area contributed by atoms with Gasteiger partial charge in [-0.3, -0.25) is 4.79 Å². The normalized spacial score (nSPS) is 11.0. The number of thioether (sulfide) groups is 1. The second-order valence-electron chi connectivity index (χ2n) is 5.87. The molecule has 22 heavy (non-hydrogen) atoms. The van der Waals surface area contributed by atoms with Gasteiger partial charge in [0.15, 0.2) is 0 Å². The van der Waals surface area contributed by atoms with Crippen molar-refractivity contribution in [2.45, 2.75) is 38.5 Å². The van der Waals surface area contributed by atoms with Gasteiger partial charge in [-0.15, -0.1) is 0 Å². The number of carboxylic acid groups (broad SMARTS) is 1. The minimum Gasteiger partial charge on any atom is -0.481 e. The van der Waals surface area contributed by atoms with E-state index < -0.39 is 17.7 Å². The third-order valence-corrected chi connectivity index (χ3v) is 3.59. The highest BCUT2D eigenvalue weighted by atomic mass is 32.2. The summed E-state index contributed by atoms with van der Waals surface area (Å²) in [7, 11) is 0. The van der Waals surface area contributed by atoms with Gasteiger partial charge in [0.05, 0.1) is 6.42 Å². The molecule has 0 aromatic heterocycles. The lowest BCUT2D eigenvalue weighted by Gasteiger charge is -2.19. The van der Waals surface area contributed by atoms with Crippen LogP contribution in [-0.4, -0.2) is 35.1 Å². The van der Waals surface area contributed by atoms with Crippen molar-refractivity contribution in [1.82, 2.24) is 5.32 Å². The van der Waals surface area contributed by atoms with Crippen molar-refractivity contribution in [3.63, 3.8) is 0 Å². The summed E-state index contributed by atoms with van der Waals surface area (Å²) in [6.07, 6.45) is -0.348. The van der Waals surface area contributed by atoms with Gasteiger partial charge in [0, 0.05) is 18.1 Å². The van der Waals surface area contributed by atoms with Crippen LogP contribution in [0.5, 0.6) is 0 Å². The van der Waals surface area contributed by atoms with Crippen molar-refractivity contribution in [3.8, 4) is 0 Å². The van der Waals surface area contributed by atoms with E-state index in [1.54, 1.807) is 11.8 Å². The monoisotopic (exact) mass is 325 g/mol. The maximum atomic E-state index is 11.4. The van der Waals surface area contributed by atoms with Gasteiger partial charge in [0.2, 0.25) is 0 Å². The third-order valence-electron chi connectivity index (χ3n) is 2.56. The zero-order valence-electron chi connectivity index (χ0n) is 13.2. The van der Waals surface area contributed by atoms with Crippen LogP contribution in [0.4, 0.5) is 4.79 Å². The average molecular weight is 325 g/mol. The molecule has 0 spiro atoms. The van der Waals surface area contributed by atoms with Crippen molar-refractivity contribution in [1.29, 1.82) is 0 Å². The Labute approximate surface area is 135 Å². The molecule has 0 aliphatic heterocycles. The van der Waals surface area contributed by atoms with Gasteiger partial charge in [-0.25, -0.2) is 4.79 Å². The largest absolute Gasteiger partial charge is 0.481 e. The van der Waals surface area contributed by atoms with Crippen LogP contribution in [0, 0.1) is 0 Å². The van der Waals surface area contributed by atoms with Crippen LogP contribution in [0.2, 0.25) is 0 Å². The number of carbonyl (C=O) groups is 2. The number of carboxylic acids is 1. The number of hydrogen-bond donors (Lipinski definition) is 2. The van der Waals surface area contributed by atoms with Crippen LogP contribution < -0.4 is 5.32 Å². The van der Waals surface area contributed by atoms with Gasteiger partial charge in [-0.1, -0.05) is 24.3 Å². The number of rotatable bonds is 7. The van der Waals surface area contributed by atoms with Crippen molar-refractivity contribution in [3.05, 3.63) is 35.4 Å². The number of aliphatic carboxylic acids is 1. The fraction of sp³-hybridized carbons (Fsp3) is 0.500. The number of nitrogens with one attached hydrogen (secondary N) is 1. The Balaban J connectivity index is 2.19. The molecule has 0 saturated heterocycles. The van der Waals surface area contributed by atoms with E-state index in [1.165, 1.54) is 0 Å². The molecule has 2 N–H and O–H groups in total. The van der Waals surface area contributed by atoms with E-state index >= 15 is 0 Å². The van der Waals surface area contributed by atoms with Crippen LogP contribution in [0.1, 0.15) is 31.9 Å². The van der Waals surface area contributed by atoms with Crippen LogP contribution in [0.3, 0.4) is 0 Å². The molecule has 0 aliphatic rings. The summed E-state index contributed by atoms with van der Waals surface area (Å²) in [4.78, 5) is 22.0. The molecule has 0 heterocycles. The first-order chi connectivity index (χ1) is 10.3. The Morgan fingerprint density at radius 3 is 2.32 bits per heavy atom. The standard InChI is InChI=1S/C16H23NO4S/c1-16(2,3)21-15(20)17-8-9-22-11-13-6-4-12(5-7-13)10-14(18)19/h4-7H,8-11H2,1-3H3,(H,17,20)(H,18,19). The van der Waals surface area contributed by atoms with Crippen molar-refractivity contribution >= 4 is 23.8 Å². The summed E-state index contributed by atoms with van der Waals surface area (Å²) in [6.45, 7) is 6.04. The van der Waals surface area contributed by atoms with Gasteiger partial charge < -0.3 is 15.2 Å². The first-order valence-corrected chi connectivity index (χ1v) is 8.26. The SMILES string of the molecule is CC(C)(C)OC(=O)NCCSCc1ccc(CC(=O)O)cc1. The lowest BCUT2D eigenvalue weighted by Crippen LogP contribution is -2.33. The summed E-state index contributed by atoms with van der Waals surface area (Å²) < 4.78 is 5.14. The predicted molar refractivity (Wildman–Crippen MR) is 88.2 cm³/mol. The molecular weight excluding hydrogens is 302 g/mol. The van der Waals surface area contributed by atoms with E-state index in [0.29, 0.717) is 6.54 Å². The maximum absolute atomic E-state index is 11.4. The molecule has 6 heteroatoms. The average Bonchev–Trinajstić information content (AvgIpc) is 2.37. The highest BCUT2D eigenvalue weighted by Crippen LogP contribution is 2.13. The van der Waals surface area contributed by atoms with E-state index in [9.17, 15) is 9.59 Å². The molecule has 0 unspecified atom stereocenters. The summed E-state index contributed by atoms with van der Waals surface area (Å²) in [5, 5.41) is 11.4. The molecule has 0 radical (unpaired) electrons. The third kappa shape index (κ3) is 8.56. The topological polar surface area (TPSA) is 75.6 Å². The van der Waals surface area contributed by atoms with Gasteiger partial charge in [-0.2, -0.15) is 11.8 Å². The highest BCUT2D eigenvalue weighted by Gasteiger charge is 2.15. The molecule has 1 aromatic rings. The number of hydrogen-bond acceptors (Lipinski definition) is 4. The first kappa shape index (κ1) is 18.4. The van der Waals surface area contributed by atoms with E-state index in [-0.39, 0.29) is 6.42 Å². The Morgan fingerprint density at radius 2 is 1.77 bits per heavy atom. The van der Waals surface area contributed by atoms with E-state index in [0.717, 1.165) is 22.6 Å². The lowest BCUT2D eigenvalue weighted by molar-refractivity contribution is -0.136. The molecule has 122 valence electrons. The minimum absolute atomic E-state index is 0.0488. The predicted octanol–water partition coefficient (Wildman–Crippen LogP) is 3.07. The molecule has 0 atom stereocenters. The Hall–Kier alpha value is -1.69. The Morgan fingerprint density at radius 1 is 1.18 bits per heavy atom. The zero-order valence-corrected chi connectivity index (χ0v) is 14.0. The van der Waals surface area contributed by atoms with Crippen LogP contribution in [0.15, 0.2) is 24.3 Å². The van der Waals surface area contributed by atoms with Crippen molar-refractivity contribution < 1.29 is 19.4 Å². The highest BCUT2D eigenvalue weighted by molar-refractivity contribution is 7.98. The molecule has 1 aromatic carbocycles. The van der Waals surface area contributed by atoms with Gasteiger partial charge in [0.25, 0.3) is 0 Å². The zero-order chi connectivity index (χ0) is 16.6. The molecule has 5 nitrogen and oxygen atoms in total. The molecular formula is C16H23NO4S. The van der Waals surface area contributed by atoms with Gasteiger partial charge in [0.1, 0.15) is 5.60 Å². The van der Waals surface area contributed by atoms with Gasteiger partial charge in [-0.05, 0) is 31.9 Å². The summed E-state index contributed by atoms with van der Waals surface area (Å²) in [5.41, 5.74) is 1.46. The lowest BCUT2D eigenvalue weighted by atomic mass is 10.1. The molecule has 1 amide bonds. The summed E-state index contributed by atoms with van der Waals surface area (Å²) in [6, 6.07) is 7.55. The van der Waals surface area contributed by atoms with E-state index in [1.807, 2.05) is 45.0 Å². The maximum Gasteiger partial charge on any atom is 0.407 e. The van der Waals surface area contributed by atoms with Crippen LogP contribution in [0.25, 0.3) is 0 Å². The van der Waals surface area contributed by atoms with Gasteiger partial charge >= 0.3 is 12.1 Å². The summed E-state index contributed by atoms with van der Waals surface area (Å²) in [5.74, 6) is 0.787. The molecule has 0 saturated carbocycles. The number of ether oxygens (including phenoxy) is 1. The number of amides is 1. The molecule has 0 bridgehead atoms. The minimum atomic E-state index is -0.824.